The molecular formula is C18H17Cl2NO2. The van der Waals surface area contributed by atoms with Gasteiger partial charge in [0.05, 0.1) is 13.0 Å². The largest absolute Gasteiger partial charge is 0.493 e. The summed E-state index contributed by atoms with van der Waals surface area (Å²) in [5.41, 5.74) is 3.21. The summed E-state index contributed by atoms with van der Waals surface area (Å²) in [6.45, 7) is 1.29. The van der Waals surface area contributed by atoms with E-state index in [1.165, 1.54) is 5.56 Å². The number of fused-ring (bicyclic) bond motifs is 1. The van der Waals surface area contributed by atoms with Crippen LogP contribution >= 0.6 is 23.2 Å². The van der Waals surface area contributed by atoms with Gasteiger partial charge in [0.25, 0.3) is 0 Å². The van der Waals surface area contributed by atoms with Gasteiger partial charge in [-0.25, -0.2) is 0 Å². The summed E-state index contributed by atoms with van der Waals surface area (Å²) in [6, 6.07) is 11.4. The second kappa shape index (κ2) is 7.24. The Morgan fingerprint density at radius 2 is 1.87 bits per heavy atom. The highest BCUT2D eigenvalue weighted by atomic mass is 35.5. The minimum absolute atomic E-state index is 0.0111. The molecule has 0 spiro atoms. The van der Waals surface area contributed by atoms with Crippen LogP contribution in [0.4, 0.5) is 0 Å². The fourth-order valence-electron chi connectivity index (χ4n) is 2.70. The van der Waals surface area contributed by atoms with Crippen molar-refractivity contribution in [2.24, 2.45) is 0 Å². The summed E-state index contributed by atoms with van der Waals surface area (Å²) in [6.07, 6.45) is 1.99. The number of halogens is 2. The van der Waals surface area contributed by atoms with Gasteiger partial charge in [-0.3, -0.25) is 4.79 Å². The Labute approximate surface area is 145 Å². The van der Waals surface area contributed by atoms with Gasteiger partial charge in [-0.2, -0.15) is 0 Å². The molecule has 0 aromatic heterocycles. The van der Waals surface area contributed by atoms with E-state index in [1.807, 2.05) is 24.3 Å². The summed E-state index contributed by atoms with van der Waals surface area (Å²) < 4.78 is 5.47. The van der Waals surface area contributed by atoms with E-state index in [0.717, 1.165) is 29.9 Å². The molecule has 2 aromatic carbocycles. The molecule has 2 aromatic rings. The van der Waals surface area contributed by atoms with Crippen molar-refractivity contribution in [2.45, 2.75) is 19.3 Å². The highest BCUT2D eigenvalue weighted by Crippen LogP contribution is 2.26. The number of ether oxygens (including phenoxy) is 1. The van der Waals surface area contributed by atoms with Crippen LogP contribution in [-0.4, -0.2) is 19.1 Å². The number of carbonyl (C=O) groups excluding carboxylic acids is 1. The molecule has 0 unspecified atom stereocenters. The molecule has 3 rings (SSSR count). The van der Waals surface area contributed by atoms with Gasteiger partial charge in [0.1, 0.15) is 5.75 Å². The Hall–Kier alpha value is -1.71. The second-order valence-corrected chi connectivity index (χ2v) is 6.47. The molecule has 1 heterocycles. The number of amides is 1. The Balaban J connectivity index is 1.50. The van der Waals surface area contributed by atoms with Crippen molar-refractivity contribution in [1.82, 2.24) is 5.32 Å². The van der Waals surface area contributed by atoms with Crippen molar-refractivity contribution in [2.75, 3.05) is 13.2 Å². The zero-order valence-electron chi connectivity index (χ0n) is 12.6. The van der Waals surface area contributed by atoms with Crippen LogP contribution in [0.3, 0.4) is 0 Å². The monoisotopic (exact) mass is 349 g/mol. The van der Waals surface area contributed by atoms with Crippen LogP contribution in [0.2, 0.25) is 10.0 Å². The lowest BCUT2D eigenvalue weighted by Gasteiger charge is -2.07. The third-order valence-electron chi connectivity index (χ3n) is 3.78. The third kappa shape index (κ3) is 4.40. The van der Waals surface area contributed by atoms with E-state index in [0.29, 0.717) is 29.4 Å². The molecule has 0 radical (unpaired) electrons. The molecule has 1 aliphatic heterocycles. The molecule has 1 aliphatic rings. The lowest BCUT2D eigenvalue weighted by atomic mass is 10.1. The molecule has 0 fully saturated rings. The van der Waals surface area contributed by atoms with E-state index in [1.54, 1.807) is 6.07 Å². The number of nitrogens with one attached hydrogen (secondary N) is 1. The Morgan fingerprint density at radius 3 is 2.65 bits per heavy atom. The zero-order chi connectivity index (χ0) is 16.2. The fourth-order valence-corrected chi connectivity index (χ4v) is 3.27. The van der Waals surface area contributed by atoms with Crippen molar-refractivity contribution in [3.63, 3.8) is 0 Å². The van der Waals surface area contributed by atoms with E-state index in [2.05, 4.69) is 11.4 Å². The summed E-state index contributed by atoms with van der Waals surface area (Å²) >= 11 is 11.9. The molecule has 1 amide bonds. The molecule has 0 bridgehead atoms. The summed E-state index contributed by atoms with van der Waals surface area (Å²) in [5.74, 6) is 0.948. The smallest absolute Gasteiger partial charge is 0.224 e. The van der Waals surface area contributed by atoms with E-state index in [9.17, 15) is 4.79 Å². The summed E-state index contributed by atoms with van der Waals surface area (Å²) in [7, 11) is 0. The van der Waals surface area contributed by atoms with Crippen LogP contribution in [-0.2, 0) is 24.1 Å². The highest BCUT2D eigenvalue weighted by Gasteiger charge is 2.13. The lowest BCUT2D eigenvalue weighted by molar-refractivity contribution is -0.120. The van der Waals surface area contributed by atoms with E-state index < -0.39 is 0 Å². The predicted octanol–water partition coefficient (Wildman–Crippen LogP) is 3.83. The number of hydrogen-bond acceptors (Lipinski definition) is 2. The first kappa shape index (κ1) is 16.2. The molecular weight excluding hydrogens is 333 g/mol. The summed E-state index contributed by atoms with van der Waals surface area (Å²) in [5, 5.41) is 4.15. The maximum Gasteiger partial charge on any atom is 0.224 e. The van der Waals surface area contributed by atoms with E-state index in [-0.39, 0.29) is 5.91 Å². The maximum absolute atomic E-state index is 12.0. The van der Waals surface area contributed by atoms with Crippen LogP contribution in [0.15, 0.2) is 36.4 Å². The topological polar surface area (TPSA) is 38.3 Å². The van der Waals surface area contributed by atoms with Crippen molar-refractivity contribution >= 4 is 29.1 Å². The normalized spacial score (nSPS) is 12.6. The number of rotatable bonds is 5. The van der Waals surface area contributed by atoms with Gasteiger partial charge in [0.2, 0.25) is 5.91 Å². The molecule has 0 saturated carbocycles. The standard InChI is InChI=1S/C18H17Cl2NO2/c19-15-8-13(9-16(20)11-15)3-5-21-18(22)10-12-1-2-17-14(7-12)4-6-23-17/h1-2,7-9,11H,3-6,10H2,(H,21,22). The van der Waals surface area contributed by atoms with Gasteiger partial charge in [-0.05, 0) is 47.4 Å². The molecule has 0 atom stereocenters. The Morgan fingerprint density at radius 1 is 1.09 bits per heavy atom. The van der Waals surface area contributed by atoms with Gasteiger partial charge in [0, 0.05) is 23.0 Å². The van der Waals surface area contributed by atoms with Crippen LogP contribution in [0.1, 0.15) is 16.7 Å². The first-order valence-electron chi connectivity index (χ1n) is 7.56. The minimum atomic E-state index is 0.0111. The quantitative estimate of drug-likeness (QED) is 0.890. The van der Waals surface area contributed by atoms with Gasteiger partial charge < -0.3 is 10.1 Å². The van der Waals surface area contributed by atoms with Gasteiger partial charge in [0.15, 0.2) is 0 Å². The number of hydrogen-bond donors (Lipinski definition) is 1. The molecule has 3 nitrogen and oxygen atoms in total. The van der Waals surface area contributed by atoms with Gasteiger partial charge in [-0.15, -0.1) is 0 Å². The van der Waals surface area contributed by atoms with Crippen LogP contribution in [0.5, 0.6) is 5.75 Å². The first-order chi connectivity index (χ1) is 11.1. The minimum Gasteiger partial charge on any atom is -0.493 e. The number of benzene rings is 2. The van der Waals surface area contributed by atoms with E-state index in [4.69, 9.17) is 27.9 Å². The van der Waals surface area contributed by atoms with E-state index >= 15 is 0 Å². The van der Waals surface area contributed by atoms with Gasteiger partial charge in [-0.1, -0.05) is 35.3 Å². The number of carbonyl (C=O) groups is 1. The second-order valence-electron chi connectivity index (χ2n) is 5.59. The molecule has 1 N–H and O–H groups in total. The molecule has 120 valence electrons. The fraction of sp³-hybridized carbons (Fsp3) is 0.278. The van der Waals surface area contributed by atoms with Gasteiger partial charge >= 0.3 is 0 Å². The van der Waals surface area contributed by atoms with Crippen LogP contribution < -0.4 is 10.1 Å². The van der Waals surface area contributed by atoms with Crippen molar-refractivity contribution in [3.8, 4) is 5.75 Å². The summed E-state index contributed by atoms with van der Waals surface area (Å²) in [4.78, 5) is 12.0. The third-order valence-corrected chi connectivity index (χ3v) is 4.21. The molecule has 0 saturated heterocycles. The van der Waals surface area contributed by atoms with Crippen molar-refractivity contribution < 1.29 is 9.53 Å². The van der Waals surface area contributed by atoms with Crippen LogP contribution in [0.25, 0.3) is 0 Å². The van der Waals surface area contributed by atoms with Crippen molar-refractivity contribution in [3.05, 3.63) is 63.1 Å². The molecule has 23 heavy (non-hydrogen) atoms. The van der Waals surface area contributed by atoms with Crippen molar-refractivity contribution in [1.29, 1.82) is 0 Å². The SMILES string of the molecule is O=C(Cc1ccc2c(c1)CCO2)NCCc1cc(Cl)cc(Cl)c1. The predicted molar refractivity (Wildman–Crippen MR) is 92.5 cm³/mol. The molecule has 5 heteroatoms. The average molecular weight is 350 g/mol. The maximum atomic E-state index is 12.0. The Kier molecular flexibility index (Phi) is 5.09. The zero-order valence-corrected chi connectivity index (χ0v) is 14.1. The highest BCUT2D eigenvalue weighted by molar-refractivity contribution is 6.34. The Bertz CT molecular complexity index is 711. The lowest BCUT2D eigenvalue weighted by Crippen LogP contribution is -2.27. The molecule has 0 aliphatic carbocycles. The van der Waals surface area contributed by atoms with Crippen LogP contribution in [0, 0.1) is 0 Å². The first-order valence-corrected chi connectivity index (χ1v) is 8.32. The average Bonchev–Trinajstić information content (AvgIpc) is 2.93.